The first-order valence-corrected chi connectivity index (χ1v) is 6.00. The largest absolute Gasteiger partial charge is 0.508 e. The smallest absolute Gasteiger partial charge is 0.306 e. The van der Waals surface area contributed by atoms with Crippen molar-refractivity contribution in [3.8, 4) is 5.75 Å². The number of phenols is 1. The molecule has 7 heteroatoms. The van der Waals surface area contributed by atoms with E-state index in [1.807, 2.05) is 0 Å². The monoisotopic (exact) mass is 296 g/mol. The molecule has 20 heavy (non-hydrogen) atoms. The van der Waals surface area contributed by atoms with Gasteiger partial charge in [0.2, 0.25) is 5.82 Å². The van der Waals surface area contributed by atoms with Gasteiger partial charge in [-0.15, -0.1) is 0 Å². The molecule has 0 aliphatic rings. The van der Waals surface area contributed by atoms with E-state index in [-0.39, 0.29) is 12.3 Å². The summed E-state index contributed by atoms with van der Waals surface area (Å²) >= 11 is 5.81. The average molecular weight is 297 g/mol. The van der Waals surface area contributed by atoms with Crippen LogP contribution in [0.1, 0.15) is 5.56 Å². The Balaban J connectivity index is 2.17. The number of aromatic hydroxyl groups is 1. The molecule has 0 aliphatic carbocycles. The molecule has 0 saturated heterocycles. The Morgan fingerprint density at radius 1 is 1.30 bits per heavy atom. The summed E-state index contributed by atoms with van der Waals surface area (Å²) in [7, 11) is 0. The van der Waals surface area contributed by atoms with Gasteiger partial charge in [0, 0.05) is 28.9 Å². The lowest BCUT2D eigenvalue weighted by Gasteiger charge is -2.08. The fourth-order valence-corrected chi connectivity index (χ4v) is 1.85. The molecule has 0 amide bonds. The van der Waals surface area contributed by atoms with Crippen LogP contribution in [0, 0.1) is 15.9 Å². The third kappa shape index (κ3) is 3.16. The van der Waals surface area contributed by atoms with Crippen molar-refractivity contribution in [3.05, 3.63) is 62.9 Å². The number of nitro benzene ring substituents is 1. The van der Waals surface area contributed by atoms with Crippen LogP contribution in [0.15, 0.2) is 36.4 Å². The first kappa shape index (κ1) is 14.1. The number of benzene rings is 2. The number of phenolic OH excluding ortho intramolecular Hbond substituents is 1. The summed E-state index contributed by atoms with van der Waals surface area (Å²) < 4.78 is 13.2. The van der Waals surface area contributed by atoms with Crippen molar-refractivity contribution in [2.45, 2.75) is 6.54 Å². The number of rotatable bonds is 4. The lowest BCUT2D eigenvalue weighted by Crippen LogP contribution is -2.01. The maximum atomic E-state index is 13.2. The molecule has 104 valence electrons. The zero-order valence-corrected chi connectivity index (χ0v) is 10.9. The van der Waals surface area contributed by atoms with Crippen LogP contribution in [0.3, 0.4) is 0 Å². The summed E-state index contributed by atoms with van der Waals surface area (Å²) in [4.78, 5) is 9.83. The molecule has 2 aromatic carbocycles. The van der Waals surface area contributed by atoms with Crippen molar-refractivity contribution in [2.24, 2.45) is 0 Å². The number of halogens is 2. The second-order valence-electron chi connectivity index (χ2n) is 4.05. The molecule has 0 atom stereocenters. The third-order valence-electron chi connectivity index (χ3n) is 2.67. The van der Waals surface area contributed by atoms with Gasteiger partial charge in [-0.3, -0.25) is 10.1 Å². The summed E-state index contributed by atoms with van der Waals surface area (Å²) in [6, 6.07) is 8.05. The Hall–Kier alpha value is -2.34. The zero-order chi connectivity index (χ0) is 14.7. The van der Waals surface area contributed by atoms with E-state index in [0.29, 0.717) is 16.3 Å². The maximum Gasteiger partial charge on any atom is 0.306 e. The molecule has 0 aliphatic heterocycles. The Bertz CT molecular complexity index is 664. The Kier molecular flexibility index (Phi) is 4.05. The SMILES string of the molecule is O=[N+]([O-])c1cc(NCc2cc(Cl)ccc2O)ccc1F. The highest BCUT2D eigenvalue weighted by Gasteiger charge is 2.14. The molecular weight excluding hydrogens is 287 g/mol. The molecule has 0 spiro atoms. The van der Waals surface area contributed by atoms with Crippen LogP contribution in [0.4, 0.5) is 15.8 Å². The molecule has 0 heterocycles. The Labute approximate surface area is 118 Å². The molecule has 5 nitrogen and oxygen atoms in total. The van der Waals surface area contributed by atoms with E-state index in [0.717, 1.165) is 12.1 Å². The van der Waals surface area contributed by atoms with E-state index in [1.54, 1.807) is 12.1 Å². The highest BCUT2D eigenvalue weighted by atomic mass is 35.5. The van der Waals surface area contributed by atoms with E-state index in [4.69, 9.17) is 11.6 Å². The fraction of sp³-hybridized carbons (Fsp3) is 0.0769. The van der Waals surface area contributed by atoms with Crippen molar-refractivity contribution < 1.29 is 14.4 Å². The van der Waals surface area contributed by atoms with Gasteiger partial charge >= 0.3 is 5.69 Å². The van der Waals surface area contributed by atoms with Gasteiger partial charge in [-0.1, -0.05) is 11.6 Å². The molecule has 2 rings (SSSR count). The van der Waals surface area contributed by atoms with Crippen molar-refractivity contribution in [1.29, 1.82) is 0 Å². The summed E-state index contributed by atoms with van der Waals surface area (Å²) in [6.07, 6.45) is 0. The molecule has 0 unspecified atom stereocenters. The summed E-state index contributed by atoms with van der Waals surface area (Å²) in [5, 5.41) is 23.6. The summed E-state index contributed by atoms with van der Waals surface area (Å²) in [6.45, 7) is 0.204. The summed E-state index contributed by atoms with van der Waals surface area (Å²) in [5.74, 6) is -0.843. The van der Waals surface area contributed by atoms with Crippen molar-refractivity contribution in [3.63, 3.8) is 0 Å². The lowest BCUT2D eigenvalue weighted by molar-refractivity contribution is -0.387. The molecule has 0 aromatic heterocycles. The van der Waals surface area contributed by atoms with Gasteiger partial charge in [0.15, 0.2) is 0 Å². The van der Waals surface area contributed by atoms with E-state index >= 15 is 0 Å². The topological polar surface area (TPSA) is 75.4 Å². The first-order chi connectivity index (χ1) is 9.47. The number of nitro groups is 1. The van der Waals surface area contributed by atoms with Crippen LogP contribution in [0.5, 0.6) is 5.75 Å². The van der Waals surface area contributed by atoms with Crippen LogP contribution in [0.2, 0.25) is 5.02 Å². The van der Waals surface area contributed by atoms with Crippen LogP contribution in [0.25, 0.3) is 0 Å². The Morgan fingerprint density at radius 3 is 2.75 bits per heavy atom. The number of nitrogens with zero attached hydrogens (tertiary/aromatic N) is 1. The first-order valence-electron chi connectivity index (χ1n) is 5.62. The van der Waals surface area contributed by atoms with Crippen LogP contribution >= 0.6 is 11.6 Å². The van der Waals surface area contributed by atoms with Gasteiger partial charge in [-0.25, -0.2) is 0 Å². The van der Waals surface area contributed by atoms with E-state index < -0.39 is 16.4 Å². The fourth-order valence-electron chi connectivity index (χ4n) is 1.66. The van der Waals surface area contributed by atoms with E-state index in [9.17, 15) is 19.6 Å². The number of anilines is 1. The van der Waals surface area contributed by atoms with Crippen LogP contribution < -0.4 is 5.32 Å². The summed E-state index contributed by atoms with van der Waals surface area (Å²) in [5.41, 5.74) is 0.298. The van der Waals surface area contributed by atoms with Crippen molar-refractivity contribution in [2.75, 3.05) is 5.32 Å². The zero-order valence-electron chi connectivity index (χ0n) is 10.1. The second kappa shape index (κ2) is 5.75. The molecule has 2 N–H and O–H groups in total. The minimum absolute atomic E-state index is 0.0542. The number of hydrogen-bond donors (Lipinski definition) is 2. The predicted octanol–water partition coefficient (Wildman–Crippen LogP) is 3.71. The van der Waals surface area contributed by atoms with Gasteiger partial charge in [0.05, 0.1) is 4.92 Å². The quantitative estimate of drug-likeness (QED) is 0.666. The number of hydrogen-bond acceptors (Lipinski definition) is 4. The molecule has 0 saturated carbocycles. The predicted molar refractivity (Wildman–Crippen MR) is 73.5 cm³/mol. The van der Waals surface area contributed by atoms with E-state index in [1.165, 1.54) is 12.1 Å². The lowest BCUT2D eigenvalue weighted by atomic mass is 10.2. The van der Waals surface area contributed by atoms with Gasteiger partial charge in [0.1, 0.15) is 5.75 Å². The minimum atomic E-state index is -0.897. The second-order valence-corrected chi connectivity index (χ2v) is 4.49. The Morgan fingerprint density at radius 2 is 2.05 bits per heavy atom. The molecular formula is C13H10ClFN2O3. The van der Waals surface area contributed by atoms with Crippen LogP contribution in [-0.4, -0.2) is 10.0 Å². The molecule has 0 fully saturated rings. The maximum absolute atomic E-state index is 13.2. The van der Waals surface area contributed by atoms with Gasteiger partial charge in [-0.2, -0.15) is 4.39 Å². The van der Waals surface area contributed by atoms with Gasteiger partial charge in [0.25, 0.3) is 0 Å². The van der Waals surface area contributed by atoms with E-state index in [2.05, 4.69) is 5.32 Å². The number of nitrogens with one attached hydrogen (secondary N) is 1. The third-order valence-corrected chi connectivity index (χ3v) is 2.90. The molecule has 2 aromatic rings. The molecule has 0 radical (unpaired) electrons. The van der Waals surface area contributed by atoms with Gasteiger partial charge in [-0.05, 0) is 30.3 Å². The van der Waals surface area contributed by atoms with Gasteiger partial charge < -0.3 is 10.4 Å². The standard InChI is InChI=1S/C13H10ClFN2O3/c14-9-1-4-13(18)8(5-9)7-16-10-2-3-11(15)12(6-10)17(19)20/h1-6,16,18H,7H2. The highest BCUT2D eigenvalue weighted by Crippen LogP contribution is 2.25. The minimum Gasteiger partial charge on any atom is -0.508 e. The molecule has 0 bridgehead atoms. The average Bonchev–Trinajstić information content (AvgIpc) is 2.41. The normalized spacial score (nSPS) is 10.3. The van der Waals surface area contributed by atoms with Crippen molar-refractivity contribution in [1.82, 2.24) is 0 Å². The van der Waals surface area contributed by atoms with Crippen LogP contribution in [-0.2, 0) is 6.54 Å². The highest BCUT2D eigenvalue weighted by molar-refractivity contribution is 6.30. The van der Waals surface area contributed by atoms with Crippen molar-refractivity contribution >= 4 is 23.0 Å².